The second kappa shape index (κ2) is 9.56. The molecule has 5 rings (SSSR count). The summed E-state index contributed by atoms with van der Waals surface area (Å²) in [6.07, 6.45) is 10.2. The number of fused-ring (bicyclic) bond motifs is 1. The molecule has 2 fully saturated rings. The SMILES string of the molecule is COc1cccc(OCC2CCc3cc(C4CC[C@@H](NC(=O)C5CCC5)C4)ccc3C2)c1. The maximum atomic E-state index is 12.3. The van der Waals surface area contributed by atoms with Gasteiger partial charge in [0, 0.05) is 18.0 Å². The molecule has 4 nitrogen and oxygen atoms in total. The van der Waals surface area contributed by atoms with E-state index in [-0.39, 0.29) is 0 Å². The van der Waals surface area contributed by atoms with Crippen molar-refractivity contribution >= 4 is 5.91 Å². The van der Waals surface area contributed by atoms with Crippen LogP contribution < -0.4 is 14.8 Å². The van der Waals surface area contributed by atoms with Crippen LogP contribution >= 0.6 is 0 Å². The summed E-state index contributed by atoms with van der Waals surface area (Å²) >= 11 is 0. The minimum atomic E-state index is 0.290. The van der Waals surface area contributed by atoms with Gasteiger partial charge in [-0.3, -0.25) is 4.79 Å². The highest BCUT2D eigenvalue weighted by molar-refractivity contribution is 5.79. The van der Waals surface area contributed by atoms with E-state index in [1.165, 1.54) is 36.0 Å². The van der Waals surface area contributed by atoms with Gasteiger partial charge in [0.1, 0.15) is 11.5 Å². The van der Waals surface area contributed by atoms with Crippen LogP contribution in [0.5, 0.6) is 11.5 Å². The van der Waals surface area contributed by atoms with Crippen molar-refractivity contribution < 1.29 is 14.3 Å². The van der Waals surface area contributed by atoms with E-state index in [1.807, 2.05) is 24.3 Å². The van der Waals surface area contributed by atoms with Gasteiger partial charge < -0.3 is 14.8 Å². The van der Waals surface area contributed by atoms with Crippen molar-refractivity contribution in [1.82, 2.24) is 5.32 Å². The van der Waals surface area contributed by atoms with Crippen molar-refractivity contribution in [2.45, 2.75) is 69.7 Å². The van der Waals surface area contributed by atoms with Crippen LogP contribution in [0.2, 0.25) is 0 Å². The summed E-state index contributed by atoms with van der Waals surface area (Å²) in [6, 6.07) is 15.4. The number of nitrogens with one attached hydrogen (secondary N) is 1. The zero-order valence-electron chi connectivity index (χ0n) is 19.1. The molecule has 2 aromatic carbocycles. The molecule has 0 aliphatic heterocycles. The Bertz CT molecular complexity index is 951. The minimum Gasteiger partial charge on any atom is -0.497 e. The molecule has 0 radical (unpaired) electrons. The number of carbonyl (C=O) groups excluding carboxylic acids is 1. The Morgan fingerprint density at radius 3 is 2.69 bits per heavy atom. The van der Waals surface area contributed by atoms with Crippen molar-refractivity contribution in [3.8, 4) is 11.5 Å². The molecule has 0 saturated heterocycles. The van der Waals surface area contributed by atoms with Crippen LogP contribution in [0.1, 0.15) is 67.6 Å². The Hall–Kier alpha value is -2.49. The number of hydrogen-bond donors (Lipinski definition) is 1. The zero-order valence-corrected chi connectivity index (χ0v) is 19.1. The second-order valence-electron chi connectivity index (χ2n) is 9.97. The molecule has 170 valence electrons. The van der Waals surface area contributed by atoms with Gasteiger partial charge in [0.25, 0.3) is 0 Å². The van der Waals surface area contributed by atoms with Crippen LogP contribution in [-0.4, -0.2) is 25.7 Å². The maximum absolute atomic E-state index is 12.3. The molecule has 2 unspecified atom stereocenters. The lowest BCUT2D eigenvalue weighted by atomic mass is 9.82. The monoisotopic (exact) mass is 433 g/mol. The molecule has 0 bridgehead atoms. The van der Waals surface area contributed by atoms with Crippen molar-refractivity contribution in [2.24, 2.45) is 11.8 Å². The zero-order chi connectivity index (χ0) is 21.9. The van der Waals surface area contributed by atoms with Crippen LogP contribution in [0.25, 0.3) is 0 Å². The first-order valence-electron chi connectivity index (χ1n) is 12.4. The van der Waals surface area contributed by atoms with Crippen LogP contribution in [-0.2, 0) is 17.6 Å². The number of hydrogen-bond acceptors (Lipinski definition) is 3. The fraction of sp³-hybridized carbons (Fsp3) is 0.536. The topological polar surface area (TPSA) is 47.6 Å². The molecule has 4 heteroatoms. The highest BCUT2D eigenvalue weighted by Crippen LogP contribution is 2.37. The Kier molecular flexibility index (Phi) is 6.38. The van der Waals surface area contributed by atoms with Gasteiger partial charge in [0.15, 0.2) is 0 Å². The van der Waals surface area contributed by atoms with Gasteiger partial charge in [-0.15, -0.1) is 0 Å². The van der Waals surface area contributed by atoms with Crippen LogP contribution in [0.3, 0.4) is 0 Å². The molecule has 3 aliphatic rings. The number of aryl methyl sites for hydroxylation is 1. The summed E-state index contributed by atoms with van der Waals surface area (Å²) in [5.74, 6) is 3.44. The van der Waals surface area contributed by atoms with Crippen LogP contribution in [0, 0.1) is 11.8 Å². The number of methoxy groups -OCH3 is 1. The first kappa shape index (κ1) is 21.4. The minimum absolute atomic E-state index is 0.290. The highest BCUT2D eigenvalue weighted by atomic mass is 16.5. The quantitative estimate of drug-likeness (QED) is 0.633. The first-order chi connectivity index (χ1) is 15.7. The highest BCUT2D eigenvalue weighted by Gasteiger charge is 2.31. The van der Waals surface area contributed by atoms with Gasteiger partial charge in [-0.05, 0) is 92.0 Å². The lowest BCUT2D eigenvalue weighted by Gasteiger charge is -2.26. The molecule has 0 heterocycles. The number of rotatable bonds is 7. The van der Waals surface area contributed by atoms with Gasteiger partial charge in [-0.1, -0.05) is 30.7 Å². The summed E-state index contributed by atoms with van der Waals surface area (Å²) in [6.45, 7) is 0.749. The number of benzene rings is 2. The molecule has 2 aromatic rings. The van der Waals surface area contributed by atoms with Crippen molar-refractivity contribution in [2.75, 3.05) is 13.7 Å². The van der Waals surface area contributed by atoms with Gasteiger partial charge >= 0.3 is 0 Å². The van der Waals surface area contributed by atoms with Crippen molar-refractivity contribution in [3.63, 3.8) is 0 Å². The Labute approximate surface area is 191 Å². The maximum Gasteiger partial charge on any atom is 0.223 e. The molecular weight excluding hydrogens is 398 g/mol. The summed E-state index contributed by atoms with van der Waals surface area (Å²) in [5.41, 5.74) is 4.46. The molecule has 3 atom stereocenters. The van der Waals surface area contributed by atoms with Gasteiger partial charge in [-0.2, -0.15) is 0 Å². The number of carbonyl (C=O) groups is 1. The summed E-state index contributed by atoms with van der Waals surface area (Å²) in [7, 11) is 1.68. The molecule has 0 spiro atoms. The third kappa shape index (κ3) is 4.79. The molecule has 3 aliphatic carbocycles. The molecule has 1 N–H and O–H groups in total. The van der Waals surface area contributed by atoms with E-state index in [0.29, 0.717) is 29.7 Å². The third-order valence-corrected chi connectivity index (χ3v) is 7.81. The predicted octanol–water partition coefficient (Wildman–Crippen LogP) is 5.43. The second-order valence-corrected chi connectivity index (χ2v) is 9.97. The van der Waals surface area contributed by atoms with E-state index in [4.69, 9.17) is 9.47 Å². The van der Waals surface area contributed by atoms with Crippen LogP contribution in [0.4, 0.5) is 0 Å². The average molecular weight is 434 g/mol. The summed E-state index contributed by atoms with van der Waals surface area (Å²) < 4.78 is 11.4. The lowest BCUT2D eigenvalue weighted by molar-refractivity contribution is -0.128. The predicted molar refractivity (Wildman–Crippen MR) is 126 cm³/mol. The summed E-state index contributed by atoms with van der Waals surface area (Å²) in [4.78, 5) is 12.3. The molecule has 32 heavy (non-hydrogen) atoms. The first-order valence-corrected chi connectivity index (χ1v) is 12.4. The third-order valence-electron chi connectivity index (χ3n) is 7.81. The molecular formula is C28H35NO3. The fourth-order valence-corrected chi connectivity index (χ4v) is 5.56. The van der Waals surface area contributed by atoms with Gasteiger partial charge in [-0.25, -0.2) is 0 Å². The molecule has 1 amide bonds. The van der Waals surface area contributed by atoms with E-state index in [2.05, 4.69) is 23.5 Å². The van der Waals surface area contributed by atoms with E-state index >= 15 is 0 Å². The molecule has 0 aromatic heterocycles. The molecule has 2 saturated carbocycles. The summed E-state index contributed by atoms with van der Waals surface area (Å²) in [5, 5.41) is 3.32. The van der Waals surface area contributed by atoms with Crippen molar-refractivity contribution in [3.05, 3.63) is 59.2 Å². The van der Waals surface area contributed by atoms with E-state index < -0.39 is 0 Å². The lowest BCUT2D eigenvalue weighted by Crippen LogP contribution is -2.39. The Morgan fingerprint density at radius 2 is 1.88 bits per heavy atom. The van der Waals surface area contributed by atoms with Gasteiger partial charge in [0.2, 0.25) is 5.91 Å². The van der Waals surface area contributed by atoms with E-state index in [0.717, 1.165) is 56.6 Å². The normalized spacial score (nSPS) is 25.0. The Balaban J connectivity index is 1.14. The average Bonchev–Trinajstić information content (AvgIpc) is 3.24. The number of amides is 1. The van der Waals surface area contributed by atoms with Crippen molar-refractivity contribution in [1.29, 1.82) is 0 Å². The van der Waals surface area contributed by atoms with Crippen LogP contribution in [0.15, 0.2) is 42.5 Å². The smallest absolute Gasteiger partial charge is 0.223 e. The van der Waals surface area contributed by atoms with E-state index in [1.54, 1.807) is 7.11 Å². The standard InChI is InChI=1S/C28H35NO3/c1-31-26-6-3-7-27(17-26)32-18-19-8-9-22-15-23(11-10-21(22)14-19)24-12-13-25(16-24)29-28(30)20-4-2-5-20/h3,6-7,10-11,15,17,19-20,24-25H,2,4-5,8-9,12-14,16,18H2,1H3,(H,29,30)/t19?,24?,25-/m1/s1. The fourth-order valence-electron chi connectivity index (χ4n) is 5.56. The largest absolute Gasteiger partial charge is 0.497 e. The van der Waals surface area contributed by atoms with Gasteiger partial charge in [0.05, 0.1) is 13.7 Å². The number of ether oxygens (including phenoxy) is 2. The van der Waals surface area contributed by atoms with E-state index in [9.17, 15) is 4.79 Å². The Morgan fingerprint density at radius 1 is 1.00 bits per heavy atom.